The van der Waals surface area contributed by atoms with Gasteiger partial charge in [0.1, 0.15) is 10.6 Å². The lowest BCUT2D eigenvalue weighted by atomic mass is 9.41. The van der Waals surface area contributed by atoms with Gasteiger partial charge in [-0.25, -0.2) is 17.9 Å². The van der Waals surface area contributed by atoms with Gasteiger partial charge >= 0.3 is 12.5 Å². The summed E-state index contributed by atoms with van der Waals surface area (Å²) >= 11 is 0. The minimum absolute atomic E-state index is 0.0338. The fourth-order valence-electron chi connectivity index (χ4n) is 10.1. The zero-order chi connectivity index (χ0) is 32.1. The summed E-state index contributed by atoms with van der Waals surface area (Å²) in [6, 6.07) is 4.17. The highest BCUT2D eigenvalue weighted by Crippen LogP contribution is 2.69. The third kappa shape index (κ3) is 6.19. The van der Waals surface area contributed by atoms with Crippen LogP contribution in [0.25, 0.3) is 0 Å². The predicted molar refractivity (Wildman–Crippen MR) is 156 cm³/mol. The predicted octanol–water partition coefficient (Wildman–Crippen LogP) is 6.41. The van der Waals surface area contributed by atoms with Gasteiger partial charge in [0.2, 0.25) is 0 Å². The minimum atomic E-state index is -5.10. The van der Waals surface area contributed by atoms with Gasteiger partial charge in [-0.2, -0.15) is 0 Å². The molecule has 0 aliphatic heterocycles. The lowest BCUT2D eigenvalue weighted by Crippen LogP contribution is -2.62. The Morgan fingerprint density at radius 2 is 1.70 bits per heavy atom. The van der Waals surface area contributed by atoms with E-state index in [1.54, 1.807) is 4.72 Å². The van der Waals surface area contributed by atoms with Crippen molar-refractivity contribution in [1.29, 1.82) is 0 Å². The third-order valence-electron chi connectivity index (χ3n) is 12.1. The Labute approximate surface area is 258 Å². The Kier molecular flexibility index (Phi) is 9.30. The van der Waals surface area contributed by atoms with E-state index in [0.29, 0.717) is 30.1 Å². The molecule has 248 valence electrons. The van der Waals surface area contributed by atoms with Crippen LogP contribution < -0.4 is 9.46 Å². The molecule has 3 N–H and O–H groups in total. The van der Waals surface area contributed by atoms with Crippen LogP contribution in [0.15, 0.2) is 29.2 Å². The average molecular weight is 646 g/mol. The number of ether oxygens (including phenoxy) is 2. The number of hydrogen-bond acceptors (Lipinski definition) is 7. The Balaban J connectivity index is 1.18. The van der Waals surface area contributed by atoms with Gasteiger partial charge in [0.25, 0.3) is 10.0 Å². The van der Waals surface area contributed by atoms with Crippen molar-refractivity contribution in [1.82, 2.24) is 4.72 Å². The van der Waals surface area contributed by atoms with E-state index < -0.39 is 33.1 Å². The van der Waals surface area contributed by atoms with Gasteiger partial charge in [0.15, 0.2) is 0 Å². The first kappa shape index (κ1) is 33.3. The standard InChI is InChI=1S/C32H46F3NO7S/c1-4-21-24-18-20(37)13-15-31(24,3)23-14-16-30(2)19(11-12-22(30)27(23)28(21)38)8-7-17-42-29(39)36-44(40,41)26-10-6-5-9-25(26)43-32(33,34)35/h5-6,9-10,19-24,27-28,37-38H,4,7-8,11-18H2,1-3H3,(H,36,39)/t19-,20+,21+,22-,23-,24-,27-,28+,30+,31+/m0/s1. The number of hydrogen-bond donors (Lipinski definition) is 3. The molecule has 0 bridgehead atoms. The van der Waals surface area contributed by atoms with Crippen LogP contribution in [0.2, 0.25) is 0 Å². The summed E-state index contributed by atoms with van der Waals surface area (Å²) in [6.07, 6.45) is 1.97. The Hall–Kier alpha value is -2.05. The van der Waals surface area contributed by atoms with E-state index in [1.165, 1.54) is 12.1 Å². The zero-order valence-corrected chi connectivity index (χ0v) is 26.5. The second kappa shape index (κ2) is 12.3. The van der Waals surface area contributed by atoms with Crippen molar-refractivity contribution in [2.45, 2.75) is 108 Å². The largest absolute Gasteiger partial charge is 0.573 e. The van der Waals surface area contributed by atoms with E-state index in [9.17, 15) is 36.6 Å². The topological polar surface area (TPSA) is 122 Å². The van der Waals surface area contributed by atoms with Crippen LogP contribution in [0, 0.1) is 46.3 Å². The number of carbonyl (C=O) groups is 1. The quantitative estimate of drug-likeness (QED) is 0.280. The molecule has 10 atom stereocenters. The zero-order valence-electron chi connectivity index (χ0n) is 25.7. The van der Waals surface area contributed by atoms with Crippen molar-refractivity contribution < 1.29 is 46.1 Å². The molecule has 44 heavy (non-hydrogen) atoms. The summed E-state index contributed by atoms with van der Waals surface area (Å²) in [4.78, 5) is 11.5. The van der Waals surface area contributed by atoms with Crippen LogP contribution in [0.4, 0.5) is 18.0 Å². The molecular weight excluding hydrogens is 599 g/mol. The molecular formula is C32H46F3NO7S. The highest BCUT2D eigenvalue weighted by molar-refractivity contribution is 7.90. The van der Waals surface area contributed by atoms with Crippen LogP contribution in [0.1, 0.15) is 85.0 Å². The lowest BCUT2D eigenvalue weighted by molar-refractivity contribution is -0.275. The number of aliphatic hydroxyl groups is 2. The van der Waals surface area contributed by atoms with Crippen molar-refractivity contribution in [3.8, 4) is 5.75 Å². The van der Waals surface area contributed by atoms with E-state index in [-0.39, 0.29) is 41.5 Å². The number of rotatable bonds is 8. The molecule has 0 saturated heterocycles. The van der Waals surface area contributed by atoms with Crippen molar-refractivity contribution in [3.05, 3.63) is 24.3 Å². The number of amides is 1. The molecule has 4 fully saturated rings. The van der Waals surface area contributed by atoms with Gasteiger partial charge < -0.3 is 19.7 Å². The number of aliphatic hydroxyl groups excluding tert-OH is 2. The highest BCUT2D eigenvalue weighted by atomic mass is 32.2. The second-order valence-corrected chi connectivity index (χ2v) is 15.7. The number of halogens is 3. The smallest absolute Gasteiger partial charge is 0.449 e. The maximum Gasteiger partial charge on any atom is 0.573 e. The first-order chi connectivity index (χ1) is 20.6. The van der Waals surface area contributed by atoms with Gasteiger partial charge in [-0.3, -0.25) is 0 Å². The van der Waals surface area contributed by atoms with E-state index >= 15 is 0 Å². The molecule has 1 aromatic carbocycles. The fourth-order valence-corrected chi connectivity index (χ4v) is 11.1. The highest BCUT2D eigenvalue weighted by Gasteiger charge is 2.64. The van der Waals surface area contributed by atoms with Gasteiger partial charge in [-0.05, 0) is 116 Å². The summed E-state index contributed by atoms with van der Waals surface area (Å²) in [7, 11) is -4.67. The molecule has 4 aliphatic rings. The molecule has 0 spiro atoms. The molecule has 0 heterocycles. The molecule has 1 amide bonds. The van der Waals surface area contributed by atoms with Crippen molar-refractivity contribution in [2.24, 2.45) is 46.3 Å². The molecule has 4 aliphatic carbocycles. The average Bonchev–Trinajstić information content (AvgIpc) is 3.27. The summed E-state index contributed by atoms with van der Waals surface area (Å²) in [6.45, 7) is 6.88. The van der Waals surface area contributed by atoms with Crippen LogP contribution in [-0.4, -0.2) is 49.9 Å². The number of fused-ring (bicyclic) bond motifs is 5. The Morgan fingerprint density at radius 3 is 2.41 bits per heavy atom. The molecule has 1 aromatic rings. The number of nitrogens with one attached hydrogen (secondary N) is 1. The van der Waals surface area contributed by atoms with Gasteiger partial charge in [-0.15, -0.1) is 13.2 Å². The van der Waals surface area contributed by atoms with E-state index in [1.807, 2.05) is 0 Å². The number of sulfonamides is 1. The maximum atomic E-state index is 12.7. The van der Waals surface area contributed by atoms with Gasteiger partial charge in [-0.1, -0.05) is 39.3 Å². The van der Waals surface area contributed by atoms with E-state index in [4.69, 9.17) is 4.74 Å². The number of para-hydroxylation sites is 1. The van der Waals surface area contributed by atoms with Gasteiger partial charge in [0.05, 0.1) is 18.8 Å². The summed E-state index contributed by atoms with van der Waals surface area (Å²) in [5, 5.41) is 22.3. The SMILES string of the molecule is CC[C@H]1[C@@H](O)[C@@H]2[C@H](CC[C@]3(C)[C@@H](CCCOC(=O)NS(=O)(=O)c4ccccc4OC(F)(F)F)CC[C@@H]23)[C@@]2(C)CC[C@@H](O)C[C@@H]12. The number of benzene rings is 1. The van der Waals surface area contributed by atoms with E-state index in [0.717, 1.165) is 69.9 Å². The Morgan fingerprint density at radius 1 is 1.02 bits per heavy atom. The first-order valence-corrected chi connectivity index (χ1v) is 17.5. The van der Waals surface area contributed by atoms with Crippen LogP contribution >= 0.6 is 0 Å². The molecule has 0 radical (unpaired) electrons. The monoisotopic (exact) mass is 645 g/mol. The third-order valence-corrected chi connectivity index (χ3v) is 13.5. The lowest BCUT2D eigenvalue weighted by Gasteiger charge is -2.64. The van der Waals surface area contributed by atoms with Gasteiger partial charge in [0, 0.05) is 0 Å². The fraction of sp³-hybridized carbons (Fsp3) is 0.781. The van der Waals surface area contributed by atoms with Crippen LogP contribution in [0.3, 0.4) is 0 Å². The van der Waals surface area contributed by atoms with Crippen LogP contribution in [0.5, 0.6) is 5.75 Å². The van der Waals surface area contributed by atoms with Crippen molar-refractivity contribution in [3.63, 3.8) is 0 Å². The van der Waals surface area contributed by atoms with Crippen molar-refractivity contribution in [2.75, 3.05) is 6.61 Å². The van der Waals surface area contributed by atoms with Crippen molar-refractivity contribution >= 4 is 16.1 Å². The number of alkyl halides is 3. The molecule has 5 rings (SSSR count). The first-order valence-electron chi connectivity index (χ1n) is 16.0. The Bertz CT molecular complexity index is 1310. The summed E-state index contributed by atoms with van der Waals surface area (Å²) < 4.78 is 74.0. The van der Waals surface area contributed by atoms with E-state index in [2.05, 4.69) is 25.5 Å². The summed E-state index contributed by atoms with van der Waals surface area (Å²) in [5.41, 5.74) is 0.176. The molecule has 0 aromatic heterocycles. The second-order valence-electron chi connectivity index (χ2n) is 14.1. The number of carbonyl (C=O) groups excluding carboxylic acids is 1. The molecule has 4 saturated carbocycles. The minimum Gasteiger partial charge on any atom is -0.449 e. The molecule has 0 unspecified atom stereocenters. The molecule has 12 heteroatoms. The summed E-state index contributed by atoms with van der Waals surface area (Å²) in [5.74, 6) is 1.03. The molecule has 8 nitrogen and oxygen atoms in total. The maximum absolute atomic E-state index is 12.7. The van der Waals surface area contributed by atoms with Crippen LogP contribution in [-0.2, 0) is 14.8 Å². The normalized spacial score (nSPS) is 38.6.